The molecule has 0 aliphatic heterocycles. The summed E-state index contributed by atoms with van der Waals surface area (Å²) >= 11 is 1.27. The van der Waals surface area contributed by atoms with Crippen molar-refractivity contribution in [2.75, 3.05) is 12.4 Å². The van der Waals surface area contributed by atoms with Crippen LogP contribution in [0.1, 0.15) is 40.0 Å². The summed E-state index contributed by atoms with van der Waals surface area (Å²) in [6.45, 7) is 7.34. The molecule has 0 amide bonds. The van der Waals surface area contributed by atoms with Crippen molar-refractivity contribution < 1.29 is 9.53 Å². The van der Waals surface area contributed by atoms with Crippen LogP contribution >= 0.6 is 11.8 Å². The molecule has 0 unspecified atom stereocenters. The molecular formula is C19H26N2O3S. The zero-order chi connectivity index (χ0) is 18.2. The Morgan fingerprint density at radius 3 is 2.80 bits per heavy atom. The molecule has 2 rings (SSSR count). The van der Waals surface area contributed by atoms with Crippen molar-refractivity contribution in [3.63, 3.8) is 0 Å². The fourth-order valence-corrected chi connectivity index (χ4v) is 3.16. The van der Waals surface area contributed by atoms with Gasteiger partial charge in [-0.15, -0.1) is 0 Å². The molecule has 0 radical (unpaired) electrons. The third-order valence-corrected chi connectivity index (χ3v) is 4.79. The smallest absolute Gasteiger partial charge is 0.316 e. The lowest BCUT2D eigenvalue weighted by atomic mass is 10.1. The predicted molar refractivity (Wildman–Crippen MR) is 102 cm³/mol. The molecular weight excluding hydrogens is 336 g/mol. The SMILES string of the molecule is CCCCOC(=O)CSc1nc2ccccc2c(=O)n1CCC(C)C. The van der Waals surface area contributed by atoms with E-state index in [1.165, 1.54) is 11.8 Å². The maximum absolute atomic E-state index is 12.8. The highest BCUT2D eigenvalue weighted by Gasteiger charge is 2.14. The van der Waals surface area contributed by atoms with Crippen molar-refractivity contribution in [1.29, 1.82) is 0 Å². The number of ether oxygens (including phenoxy) is 1. The highest BCUT2D eigenvalue weighted by Crippen LogP contribution is 2.19. The number of aromatic nitrogens is 2. The van der Waals surface area contributed by atoms with Crippen LogP contribution in [-0.2, 0) is 16.1 Å². The zero-order valence-corrected chi connectivity index (χ0v) is 16.0. The van der Waals surface area contributed by atoms with E-state index in [1.807, 2.05) is 18.2 Å². The van der Waals surface area contributed by atoms with E-state index in [0.29, 0.717) is 35.1 Å². The lowest BCUT2D eigenvalue weighted by Gasteiger charge is -2.14. The number of benzene rings is 1. The Kier molecular flexibility index (Phi) is 7.50. The van der Waals surface area contributed by atoms with Crippen LogP contribution in [0.5, 0.6) is 0 Å². The molecule has 1 heterocycles. The number of carbonyl (C=O) groups is 1. The standard InChI is InChI=1S/C19H26N2O3S/c1-4-5-12-24-17(22)13-25-19-20-16-9-7-6-8-15(16)18(23)21(19)11-10-14(2)3/h6-9,14H,4-5,10-13H2,1-3H3. The van der Waals surface area contributed by atoms with Gasteiger partial charge in [-0.1, -0.05) is 51.1 Å². The molecule has 0 saturated carbocycles. The molecule has 0 N–H and O–H groups in total. The summed E-state index contributed by atoms with van der Waals surface area (Å²) < 4.78 is 6.87. The Bertz CT molecular complexity index is 771. The Labute approximate surface area is 152 Å². The second kappa shape index (κ2) is 9.61. The van der Waals surface area contributed by atoms with Crippen molar-refractivity contribution in [3.05, 3.63) is 34.6 Å². The minimum atomic E-state index is -0.267. The second-order valence-electron chi connectivity index (χ2n) is 6.41. The molecule has 2 aromatic rings. The van der Waals surface area contributed by atoms with Gasteiger partial charge in [-0.05, 0) is 30.9 Å². The quantitative estimate of drug-likeness (QED) is 0.293. The van der Waals surface area contributed by atoms with Gasteiger partial charge in [0.05, 0.1) is 23.3 Å². The highest BCUT2D eigenvalue weighted by atomic mass is 32.2. The third-order valence-electron chi connectivity index (χ3n) is 3.84. The summed E-state index contributed by atoms with van der Waals surface area (Å²) in [5, 5.41) is 1.19. The van der Waals surface area contributed by atoms with Crippen LogP contribution < -0.4 is 5.56 Å². The van der Waals surface area contributed by atoms with Gasteiger partial charge in [-0.2, -0.15) is 0 Å². The predicted octanol–water partition coefficient (Wildman–Crippen LogP) is 3.88. The molecule has 5 nitrogen and oxygen atoms in total. The van der Waals surface area contributed by atoms with Gasteiger partial charge in [0.25, 0.3) is 5.56 Å². The van der Waals surface area contributed by atoms with Crippen LogP contribution in [0.15, 0.2) is 34.2 Å². The Morgan fingerprint density at radius 2 is 2.08 bits per heavy atom. The molecule has 0 atom stereocenters. The van der Waals surface area contributed by atoms with Crippen LogP contribution in [0.2, 0.25) is 0 Å². The van der Waals surface area contributed by atoms with Crippen LogP contribution in [0, 0.1) is 5.92 Å². The number of unbranched alkanes of at least 4 members (excludes halogenated alkanes) is 1. The molecule has 1 aromatic carbocycles. The fourth-order valence-electron chi connectivity index (χ4n) is 2.34. The molecule has 0 bridgehead atoms. The number of hydrogen-bond acceptors (Lipinski definition) is 5. The normalized spacial score (nSPS) is 11.2. The molecule has 0 aliphatic carbocycles. The maximum Gasteiger partial charge on any atom is 0.316 e. The number of carbonyl (C=O) groups excluding carboxylic acids is 1. The first kappa shape index (κ1) is 19.5. The summed E-state index contributed by atoms with van der Waals surface area (Å²) in [6, 6.07) is 7.33. The molecule has 1 aromatic heterocycles. The van der Waals surface area contributed by atoms with Crippen molar-refractivity contribution in [3.8, 4) is 0 Å². The monoisotopic (exact) mass is 362 g/mol. The topological polar surface area (TPSA) is 61.2 Å². The van der Waals surface area contributed by atoms with Crippen molar-refractivity contribution in [1.82, 2.24) is 9.55 Å². The van der Waals surface area contributed by atoms with Gasteiger partial charge in [0.1, 0.15) is 0 Å². The highest BCUT2D eigenvalue weighted by molar-refractivity contribution is 7.99. The number of hydrogen-bond donors (Lipinski definition) is 0. The van der Waals surface area contributed by atoms with Gasteiger partial charge in [-0.25, -0.2) is 4.98 Å². The van der Waals surface area contributed by atoms with E-state index in [0.717, 1.165) is 19.3 Å². The summed E-state index contributed by atoms with van der Waals surface area (Å²) in [7, 11) is 0. The van der Waals surface area contributed by atoms with E-state index in [4.69, 9.17) is 4.74 Å². The molecule has 0 spiro atoms. The minimum absolute atomic E-state index is 0.0481. The molecule has 6 heteroatoms. The first-order valence-electron chi connectivity index (χ1n) is 8.81. The summed E-state index contributed by atoms with van der Waals surface area (Å²) in [5.41, 5.74) is 0.614. The van der Waals surface area contributed by atoms with Crippen molar-refractivity contribution in [2.24, 2.45) is 5.92 Å². The Hall–Kier alpha value is -1.82. The molecule has 136 valence electrons. The lowest BCUT2D eigenvalue weighted by Crippen LogP contribution is -2.24. The summed E-state index contributed by atoms with van der Waals surface area (Å²) in [5.74, 6) is 0.377. The van der Waals surface area contributed by atoms with Crippen LogP contribution in [0.4, 0.5) is 0 Å². The minimum Gasteiger partial charge on any atom is -0.465 e. The van der Waals surface area contributed by atoms with Gasteiger partial charge >= 0.3 is 5.97 Å². The number of fused-ring (bicyclic) bond motifs is 1. The number of rotatable bonds is 9. The fraction of sp³-hybridized carbons (Fsp3) is 0.526. The van der Waals surface area contributed by atoms with Crippen molar-refractivity contribution >= 4 is 28.6 Å². The van der Waals surface area contributed by atoms with E-state index in [1.54, 1.807) is 10.6 Å². The molecule has 0 aliphatic rings. The number of thioether (sulfide) groups is 1. The van der Waals surface area contributed by atoms with Gasteiger partial charge in [0, 0.05) is 6.54 Å². The molecule has 0 fully saturated rings. The van der Waals surface area contributed by atoms with E-state index < -0.39 is 0 Å². The molecule has 25 heavy (non-hydrogen) atoms. The van der Waals surface area contributed by atoms with Crippen molar-refractivity contribution in [2.45, 2.75) is 51.7 Å². The number of esters is 1. The lowest BCUT2D eigenvalue weighted by molar-refractivity contribution is -0.140. The van der Waals surface area contributed by atoms with E-state index in [-0.39, 0.29) is 17.3 Å². The first-order chi connectivity index (χ1) is 12.0. The van der Waals surface area contributed by atoms with Crippen LogP contribution in [0.25, 0.3) is 10.9 Å². The largest absolute Gasteiger partial charge is 0.465 e. The first-order valence-corrected chi connectivity index (χ1v) is 9.79. The summed E-state index contributed by atoms with van der Waals surface area (Å²) in [4.78, 5) is 29.3. The second-order valence-corrected chi connectivity index (χ2v) is 7.36. The van der Waals surface area contributed by atoms with E-state index in [2.05, 4.69) is 25.8 Å². The van der Waals surface area contributed by atoms with E-state index >= 15 is 0 Å². The Balaban J connectivity index is 2.22. The zero-order valence-electron chi connectivity index (χ0n) is 15.2. The average molecular weight is 362 g/mol. The number of nitrogens with zero attached hydrogens (tertiary/aromatic N) is 2. The average Bonchev–Trinajstić information content (AvgIpc) is 2.59. The van der Waals surface area contributed by atoms with Crippen LogP contribution in [-0.4, -0.2) is 27.9 Å². The maximum atomic E-state index is 12.8. The van der Waals surface area contributed by atoms with E-state index in [9.17, 15) is 9.59 Å². The van der Waals surface area contributed by atoms with Gasteiger partial charge < -0.3 is 4.74 Å². The Morgan fingerprint density at radius 1 is 1.32 bits per heavy atom. The van der Waals surface area contributed by atoms with Gasteiger partial charge in [0.2, 0.25) is 0 Å². The van der Waals surface area contributed by atoms with Gasteiger partial charge in [-0.3, -0.25) is 14.2 Å². The number of para-hydroxylation sites is 1. The molecule has 0 saturated heterocycles. The van der Waals surface area contributed by atoms with Crippen LogP contribution in [0.3, 0.4) is 0 Å². The van der Waals surface area contributed by atoms with Gasteiger partial charge in [0.15, 0.2) is 5.16 Å². The summed E-state index contributed by atoms with van der Waals surface area (Å²) in [6.07, 6.45) is 2.74. The third kappa shape index (κ3) is 5.59.